The number of hydrogen-bond acceptors (Lipinski definition) is 9. The van der Waals surface area contributed by atoms with Gasteiger partial charge in [-0.2, -0.15) is 0 Å². The molecule has 4 heterocycles. The van der Waals surface area contributed by atoms with Crippen LogP contribution in [0.3, 0.4) is 0 Å². The number of hydrogen-bond donors (Lipinski definition) is 6. The van der Waals surface area contributed by atoms with Gasteiger partial charge in [-0.15, -0.1) is 0 Å². The topological polar surface area (TPSA) is 218 Å². The van der Waals surface area contributed by atoms with Crippen molar-refractivity contribution in [2.24, 2.45) is 0 Å². The van der Waals surface area contributed by atoms with E-state index in [2.05, 4.69) is 29.9 Å². The number of carbonyl (C=O) groups excluding carboxylic acids is 2. The second-order valence-electron chi connectivity index (χ2n) is 11.3. The van der Waals surface area contributed by atoms with Crippen molar-refractivity contribution in [2.45, 2.75) is 6.92 Å². The minimum Gasteiger partial charge on any atom is -0.465 e. The molecular weight excluding hydrogens is 624 g/mol. The van der Waals surface area contributed by atoms with Crippen LogP contribution in [0.4, 0.5) is 11.4 Å². The predicted molar refractivity (Wildman–Crippen MR) is 189 cm³/mol. The highest BCUT2D eigenvalue weighted by Gasteiger charge is 2.18. The first-order chi connectivity index (χ1) is 23.6. The fraction of sp³-hybridized carbons (Fsp3) is 0.0556. The Morgan fingerprint density at radius 3 is 1.53 bits per heavy atom. The first-order valence-electron chi connectivity index (χ1n) is 15.0. The normalized spacial score (nSPS) is 11.1. The van der Waals surface area contributed by atoms with E-state index in [9.17, 15) is 19.2 Å². The Bertz CT molecular complexity index is 2740. The highest BCUT2D eigenvalue weighted by molar-refractivity contribution is 6.01. The van der Waals surface area contributed by atoms with Gasteiger partial charge in [-0.25, -0.2) is 14.8 Å². The summed E-state index contributed by atoms with van der Waals surface area (Å²) in [7, 11) is 1.32. The van der Waals surface area contributed by atoms with Crippen LogP contribution in [0.2, 0.25) is 0 Å². The van der Waals surface area contributed by atoms with Crippen LogP contribution in [0.5, 0.6) is 0 Å². The number of rotatable bonds is 4. The predicted octanol–water partition coefficient (Wildman–Crippen LogP) is 5.30. The second kappa shape index (κ2) is 12.0. The number of esters is 1. The van der Waals surface area contributed by atoms with Gasteiger partial charge in [0.15, 0.2) is 5.78 Å². The van der Waals surface area contributed by atoms with E-state index in [4.69, 9.17) is 16.2 Å². The molecule has 0 aliphatic rings. The molecule has 8 aromatic rings. The van der Waals surface area contributed by atoms with Crippen LogP contribution in [0.25, 0.3) is 66.6 Å². The monoisotopic (exact) mass is 652 g/mol. The number of imidazole rings is 2. The van der Waals surface area contributed by atoms with Gasteiger partial charge in [0, 0.05) is 16.3 Å². The van der Waals surface area contributed by atoms with Crippen LogP contribution in [-0.2, 0) is 4.74 Å². The summed E-state index contributed by atoms with van der Waals surface area (Å²) >= 11 is 0. The number of benzene rings is 4. The molecule has 0 amide bonds. The molecule has 8 rings (SSSR count). The Morgan fingerprint density at radius 2 is 1.06 bits per heavy atom. The molecule has 8 N–H and O–H groups in total. The van der Waals surface area contributed by atoms with Gasteiger partial charge in [0.1, 0.15) is 22.8 Å². The van der Waals surface area contributed by atoms with Crippen LogP contribution in [0.15, 0.2) is 94.5 Å². The van der Waals surface area contributed by atoms with Gasteiger partial charge in [-0.05, 0) is 55.5 Å². The van der Waals surface area contributed by atoms with E-state index < -0.39 is 5.97 Å². The molecule has 0 aliphatic carbocycles. The van der Waals surface area contributed by atoms with Crippen molar-refractivity contribution in [3.05, 3.63) is 117 Å². The van der Waals surface area contributed by atoms with Crippen molar-refractivity contribution in [3.8, 4) is 22.8 Å². The van der Waals surface area contributed by atoms with Gasteiger partial charge in [0.05, 0.1) is 57.1 Å². The van der Waals surface area contributed by atoms with Crippen LogP contribution >= 0.6 is 0 Å². The molecule has 13 heteroatoms. The van der Waals surface area contributed by atoms with Crippen molar-refractivity contribution >= 4 is 67.0 Å². The number of nitrogens with zero attached hydrogens (tertiary/aromatic N) is 2. The molecule has 4 aromatic heterocycles. The molecule has 0 atom stereocenters. The zero-order chi connectivity index (χ0) is 34.4. The van der Waals surface area contributed by atoms with Crippen molar-refractivity contribution < 1.29 is 14.3 Å². The summed E-state index contributed by atoms with van der Waals surface area (Å²) in [5, 5.41) is 1.50. The summed E-state index contributed by atoms with van der Waals surface area (Å²) in [6.45, 7) is 1.50. The van der Waals surface area contributed by atoms with E-state index in [1.54, 1.807) is 48.5 Å². The third kappa shape index (κ3) is 5.44. The van der Waals surface area contributed by atoms with E-state index in [1.807, 2.05) is 36.4 Å². The standard InChI is InChI=1S/C18H14N4O3.C18H14N4O2/c1-25-18(24)9-6-7-12-13(8-9)21-16(20-12)14-15(19)10-4-2-3-5-11(10)22-17(14)23;1-9(23)10-6-7-13-14(8-10)21-17(20-13)15-16(19)11-4-2-3-5-12(11)22-18(15)24/h2-8H,1H3,(H,20,21)(H3,19,22,23);2-8H,1H3,(H,20,21)(H3,19,22,24). The lowest BCUT2D eigenvalue weighted by Gasteiger charge is -2.06. The number of Topliss-reactive ketones (excluding diaryl/α,β-unsaturated/α-hetero) is 1. The lowest BCUT2D eigenvalue weighted by molar-refractivity contribution is 0.0600. The van der Waals surface area contributed by atoms with Crippen molar-refractivity contribution in [2.75, 3.05) is 18.6 Å². The fourth-order valence-corrected chi connectivity index (χ4v) is 5.73. The van der Waals surface area contributed by atoms with E-state index in [0.29, 0.717) is 72.8 Å². The van der Waals surface area contributed by atoms with Gasteiger partial charge < -0.3 is 36.1 Å². The number of H-pyrrole nitrogens is 4. The van der Waals surface area contributed by atoms with Crippen LogP contribution in [0, 0.1) is 0 Å². The molecule has 0 aliphatic heterocycles. The number of anilines is 2. The van der Waals surface area contributed by atoms with E-state index >= 15 is 0 Å². The van der Waals surface area contributed by atoms with Crippen LogP contribution < -0.4 is 22.6 Å². The number of aromatic amines is 4. The van der Waals surface area contributed by atoms with Gasteiger partial charge >= 0.3 is 5.97 Å². The Hall–Kier alpha value is -7.02. The number of methoxy groups -OCH3 is 1. The number of ketones is 1. The maximum Gasteiger partial charge on any atom is 0.337 e. The molecule has 0 radical (unpaired) electrons. The number of aromatic nitrogens is 6. The third-order valence-corrected chi connectivity index (χ3v) is 8.19. The van der Waals surface area contributed by atoms with Gasteiger partial charge in [0.25, 0.3) is 11.1 Å². The lowest BCUT2D eigenvalue weighted by atomic mass is 10.1. The molecule has 0 saturated carbocycles. The smallest absolute Gasteiger partial charge is 0.337 e. The Balaban J connectivity index is 0.000000154. The molecule has 13 nitrogen and oxygen atoms in total. The van der Waals surface area contributed by atoms with Crippen molar-refractivity contribution in [3.63, 3.8) is 0 Å². The number of para-hydroxylation sites is 2. The molecular formula is C36H28N8O5. The zero-order valence-corrected chi connectivity index (χ0v) is 26.2. The molecule has 0 bridgehead atoms. The Morgan fingerprint density at radius 1 is 0.612 bits per heavy atom. The maximum atomic E-state index is 12.5. The number of nitrogens with two attached hydrogens (primary N) is 2. The summed E-state index contributed by atoms with van der Waals surface area (Å²) in [5.74, 6) is 0.258. The number of nitrogens with one attached hydrogen (secondary N) is 4. The van der Waals surface area contributed by atoms with E-state index in [0.717, 1.165) is 10.8 Å². The highest BCUT2D eigenvalue weighted by Crippen LogP contribution is 2.30. The molecule has 0 unspecified atom stereocenters. The first-order valence-corrected chi connectivity index (χ1v) is 15.0. The highest BCUT2D eigenvalue weighted by atomic mass is 16.5. The van der Waals surface area contributed by atoms with E-state index in [-0.39, 0.29) is 22.5 Å². The number of fused-ring (bicyclic) bond motifs is 4. The summed E-state index contributed by atoms with van der Waals surface area (Å²) in [6, 6.07) is 24.8. The number of carbonyl (C=O) groups is 2. The molecule has 242 valence electrons. The molecule has 0 fully saturated rings. The van der Waals surface area contributed by atoms with Gasteiger partial charge in [0.2, 0.25) is 0 Å². The largest absolute Gasteiger partial charge is 0.465 e. The molecule has 0 spiro atoms. The Labute approximate surface area is 276 Å². The summed E-state index contributed by atoms with van der Waals surface area (Å²) in [5.41, 5.74) is 18.0. The zero-order valence-electron chi connectivity index (χ0n) is 26.2. The van der Waals surface area contributed by atoms with Gasteiger partial charge in [-0.1, -0.05) is 36.4 Å². The quantitative estimate of drug-likeness (QED) is 0.107. The number of nitrogen functional groups attached to an aromatic ring is 2. The average molecular weight is 653 g/mol. The van der Waals surface area contributed by atoms with Crippen molar-refractivity contribution in [1.82, 2.24) is 29.9 Å². The SMILES string of the molecule is CC(=O)c1ccc2nc(-c3c(N)c4ccccc4[nH]c3=O)[nH]c2c1.COC(=O)c1ccc2nc(-c3c(N)c4ccccc4[nH]c3=O)[nH]c2c1. The van der Waals surface area contributed by atoms with Crippen molar-refractivity contribution in [1.29, 1.82) is 0 Å². The fourth-order valence-electron chi connectivity index (χ4n) is 5.73. The lowest BCUT2D eigenvalue weighted by Crippen LogP contribution is -2.13. The van der Waals surface area contributed by atoms with Gasteiger partial charge in [-0.3, -0.25) is 14.4 Å². The Kier molecular flexibility index (Phi) is 7.48. The number of pyridine rings is 2. The second-order valence-corrected chi connectivity index (χ2v) is 11.3. The minimum atomic E-state index is -0.443. The van der Waals surface area contributed by atoms with Crippen LogP contribution in [0.1, 0.15) is 27.6 Å². The minimum absolute atomic E-state index is 0.0314. The van der Waals surface area contributed by atoms with E-state index in [1.165, 1.54) is 14.0 Å². The van der Waals surface area contributed by atoms with Crippen LogP contribution in [-0.4, -0.2) is 48.8 Å². The summed E-state index contributed by atoms with van der Waals surface area (Å²) in [4.78, 5) is 68.8. The summed E-state index contributed by atoms with van der Waals surface area (Å²) in [6.07, 6.45) is 0. The molecule has 4 aromatic carbocycles. The first kappa shape index (κ1) is 30.6. The number of ether oxygens (including phenoxy) is 1. The average Bonchev–Trinajstić information content (AvgIpc) is 3.71. The molecule has 49 heavy (non-hydrogen) atoms. The maximum absolute atomic E-state index is 12.5. The summed E-state index contributed by atoms with van der Waals surface area (Å²) < 4.78 is 4.71. The third-order valence-electron chi connectivity index (χ3n) is 8.19. The molecule has 0 saturated heterocycles.